The van der Waals surface area contributed by atoms with Crippen LogP contribution in [0.2, 0.25) is 0 Å². The molecule has 5 rings (SSSR count). The molecule has 0 amide bonds. The molecule has 1 aromatic carbocycles. The van der Waals surface area contributed by atoms with Crippen LogP contribution in [-0.2, 0) is 14.9 Å². The largest absolute Gasteiger partial charge is 0.461 e. The summed E-state index contributed by atoms with van der Waals surface area (Å²) in [6.45, 7) is 4.87. The maximum atomic E-state index is 13.0. The summed E-state index contributed by atoms with van der Waals surface area (Å²) in [5, 5.41) is 1.99. The number of carbonyl (C=O) groups excluding carboxylic acids is 1. The molecule has 0 radical (unpaired) electrons. The molecule has 4 heterocycles. The lowest BCUT2D eigenvalue weighted by Crippen LogP contribution is -2.31. The number of fused-ring (bicyclic) bond motifs is 2. The number of Topliss-reactive ketones (excluding diaryl/α,β-unsaturated/α-hetero) is 1. The van der Waals surface area contributed by atoms with E-state index in [2.05, 4.69) is 9.98 Å². The summed E-state index contributed by atoms with van der Waals surface area (Å²) in [7, 11) is -4.17. The third-order valence-electron chi connectivity index (χ3n) is 5.93. The number of benzene rings is 1. The number of nitrogens with zero attached hydrogens (tertiary/aromatic N) is 2. The molecule has 0 N–H and O–H groups in total. The van der Waals surface area contributed by atoms with Crippen LogP contribution in [0.4, 0.5) is 5.69 Å². The van der Waals surface area contributed by atoms with Crippen LogP contribution < -0.4 is 9.61 Å². The first-order valence-corrected chi connectivity index (χ1v) is 13.0. The summed E-state index contributed by atoms with van der Waals surface area (Å²) in [4.78, 5) is 34.4. The van der Waals surface area contributed by atoms with Crippen LogP contribution in [0, 0.1) is 12.8 Å². The Balaban J connectivity index is 1.80. The predicted molar refractivity (Wildman–Crippen MR) is 132 cm³/mol. The van der Waals surface area contributed by atoms with Crippen molar-refractivity contribution in [1.29, 1.82) is 0 Å². The number of thiophene rings is 1. The molecule has 1 aliphatic rings. The van der Waals surface area contributed by atoms with Crippen molar-refractivity contribution in [3.8, 4) is 5.88 Å². The van der Waals surface area contributed by atoms with E-state index in [1.807, 2.05) is 0 Å². The van der Waals surface area contributed by atoms with Crippen LogP contribution in [0.1, 0.15) is 36.7 Å². The molecule has 0 spiro atoms. The van der Waals surface area contributed by atoms with E-state index < -0.39 is 22.0 Å². The Labute approximate surface area is 205 Å². The summed E-state index contributed by atoms with van der Waals surface area (Å²) in [5.41, 5.74) is 1.99. The van der Waals surface area contributed by atoms with E-state index in [0.29, 0.717) is 39.3 Å². The third kappa shape index (κ3) is 3.98. The van der Waals surface area contributed by atoms with Gasteiger partial charge in [-0.3, -0.25) is 14.6 Å². The van der Waals surface area contributed by atoms with Gasteiger partial charge < -0.3 is 8.60 Å². The Morgan fingerprint density at radius 3 is 2.66 bits per heavy atom. The highest BCUT2D eigenvalue weighted by atomic mass is 32.3. The molecule has 1 aliphatic heterocycles. The minimum atomic E-state index is -4.17. The second kappa shape index (κ2) is 8.54. The number of aryl methyl sites for hydroxylation is 1. The Hall–Kier alpha value is -3.63. The molecule has 0 fully saturated rings. The quantitative estimate of drug-likeness (QED) is 0.357. The fraction of sp³-hybridized carbons (Fsp3) is 0.200. The van der Waals surface area contributed by atoms with Crippen molar-refractivity contribution < 1.29 is 21.8 Å². The van der Waals surface area contributed by atoms with Crippen LogP contribution in [0.5, 0.6) is 5.88 Å². The van der Waals surface area contributed by atoms with Crippen molar-refractivity contribution in [2.24, 2.45) is 10.9 Å². The lowest BCUT2D eigenvalue weighted by Gasteiger charge is -2.31. The molecule has 35 heavy (non-hydrogen) atoms. The minimum absolute atomic E-state index is 0.0267. The van der Waals surface area contributed by atoms with Crippen molar-refractivity contribution in [1.82, 2.24) is 4.98 Å². The number of aliphatic imine (C=N–C) groups is 1. The van der Waals surface area contributed by atoms with Gasteiger partial charge in [-0.15, -0.1) is 11.3 Å². The molecule has 0 bridgehead atoms. The second-order valence-corrected chi connectivity index (χ2v) is 11.0. The van der Waals surface area contributed by atoms with Crippen molar-refractivity contribution in [2.45, 2.75) is 30.9 Å². The second-order valence-electron chi connectivity index (χ2n) is 8.28. The first-order valence-electron chi connectivity index (χ1n) is 10.7. The van der Waals surface area contributed by atoms with Crippen molar-refractivity contribution in [3.05, 3.63) is 81.2 Å². The van der Waals surface area contributed by atoms with Crippen molar-refractivity contribution in [3.63, 3.8) is 0 Å². The Morgan fingerprint density at radius 1 is 1.14 bits per heavy atom. The highest BCUT2D eigenvalue weighted by Crippen LogP contribution is 2.48. The maximum absolute atomic E-state index is 13.0. The monoisotopic (exact) mass is 508 g/mol. The van der Waals surface area contributed by atoms with Gasteiger partial charge in [-0.25, -0.2) is 4.98 Å². The van der Waals surface area contributed by atoms with Gasteiger partial charge in [0.25, 0.3) is 0 Å². The zero-order valence-corrected chi connectivity index (χ0v) is 20.6. The standard InChI is InChI=1S/C25H20N2O6S2/c1-13-12-19(29)16-6-4-7-17(24(16)32-13)22-21(15(3)28)14(2)27-18-9-10-26-25(23(18)22)33-35(30,31)20-8-5-11-34-20/h4-12,21-22H,1-3H3. The molecule has 0 saturated carbocycles. The van der Waals surface area contributed by atoms with Gasteiger partial charge in [-0.2, -0.15) is 8.42 Å². The van der Waals surface area contributed by atoms with E-state index >= 15 is 0 Å². The average Bonchev–Trinajstić information content (AvgIpc) is 3.34. The fourth-order valence-corrected chi connectivity index (χ4v) is 6.40. The number of hydrogen-bond donors (Lipinski definition) is 0. The minimum Gasteiger partial charge on any atom is -0.461 e. The molecule has 3 aromatic heterocycles. The average molecular weight is 509 g/mol. The summed E-state index contributed by atoms with van der Waals surface area (Å²) in [5.74, 6) is -1.41. The van der Waals surface area contributed by atoms with Gasteiger partial charge in [-0.1, -0.05) is 18.2 Å². The van der Waals surface area contributed by atoms with Gasteiger partial charge in [0, 0.05) is 29.5 Å². The van der Waals surface area contributed by atoms with E-state index in [9.17, 15) is 18.0 Å². The molecule has 0 saturated heterocycles. The zero-order chi connectivity index (χ0) is 24.9. The molecule has 10 heteroatoms. The molecule has 2 atom stereocenters. The number of carbonyl (C=O) groups is 1. The lowest BCUT2D eigenvalue weighted by atomic mass is 9.74. The number of hydrogen-bond acceptors (Lipinski definition) is 9. The maximum Gasteiger partial charge on any atom is 0.350 e. The van der Waals surface area contributed by atoms with Gasteiger partial charge in [0.1, 0.15) is 17.1 Å². The van der Waals surface area contributed by atoms with E-state index in [-0.39, 0.29) is 21.3 Å². The number of para-hydroxylation sites is 1. The van der Waals surface area contributed by atoms with Crippen LogP contribution in [0.3, 0.4) is 0 Å². The topological polar surface area (TPSA) is 116 Å². The van der Waals surface area contributed by atoms with Gasteiger partial charge >= 0.3 is 10.1 Å². The number of pyridine rings is 1. The van der Waals surface area contributed by atoms with Gasteiger partial charge in [0.15, 0.2) is 9.64 Å². The first kappa shape index (κ1) is 23.1. The van der Waals surface area contributed by atoms with E-state index in [1.165, 1.54) is 25.3 Å². The summed E-state index contributed by atoms with van der Waals surface area (Å²) in [6.07, 6.45) is 1.41. The number of rotatable bonds is 5. The van der Waals surface area contributed by atoms with Crippen LogP contribution >= 0.6 is 11.3 Å². The Kier molecular flexibility index (Phi) is 5.65. The molecule has 2 unspecified atom stereocenters. The number of ketones is 1. The number of aromatic nitrogens is 1. The summed E-state index contributed by atoms with van der Waals surface area (Å²) >= 11 is 1.02. The van der Waals surface area contributed by atoms with Gasteiger partial charge in [-0.05, 0) is 44.4 Å². The third-order valence-corrected chi connectivity index (χ3v) is 8.50. The van der Waals surface area contributed by atoms with Crippen molar-refractivity contribution >= 4 is 49.6 Å². The zero-order valence-electron chi connectivity index (χ0n) is 19.0. The van der Waals surface area contributed by atoms with Gasteiger partial charge in [0.05, 0.1) is 22.6 Å². The highest BCUT2D eigenvalue weighted by molar-refractivity contribution is 7.89. The van der Waals surface area contributed by atoms with Crippen molar-refractivity contribution in [2.75, 3.05) is 0 Å². The highest BCUT2D eigenvalue weighted by Gasteiger charge is 2.40. The summed E-state index contributed by atoms with van der Waals surface area (Å²) in [6, 6.07) is 11.2. The van der Waals surface area contributed by atoms with E-state index in [1.54, 1.807) is 49.6 Å². The van der Waals surface area contributed by atoms with Crippen LogP contribution in [0.15, 0.2) is 72.5 Å². The molecule has 8 nitrogen and oxygen atoms in total. The predicted octanol–water partition coefficient (Wildman–Crippen LogP) is 4.77. The summed E-state index contributed by atoms with van der Waals surface area (Å²) < 4.78 is 37.4. The van der Waals surface area contributed by atoms with Crippen LogP contribution in [0.25, 0.3) is 11.0 Å². The lowest BCUT2D eigenvalue weighted by molar-refractivity contribution is -0.119. The molecular formula is C25H20N2O6S2. The normalized spacial score (nSPS) is 17.6. The molecule has 178 valence electrons. The smallest absolute Gasteiger partial charge is 0.350 e. The Morgan fingerprint density at radius 2 is 1.94 bits per heavy atom. The Bertz CT molecular complexity index is 1670. The molecule has 0 aliphatic carbocycles. The van der Waals surface area contributed by atoms with Gasteiger partial charge in [0.2, 0.25) is 5.88 Å². The molecule has 4 aromatic rings. The fourth-order valence-electron chi connectivity index (χ4n) is 4.54. The SMILES string of the molecule is CC(=O)C1C(C)=Nc2ccnc(OS(=O)(=O)c3cccs3)c2C1c1cccc2c(=O)cc(C)oc12. The van der Waals surface area contributed by atoms with E-state index in [0.717, 1.165) is 11.3 Å². The van der Waals surface area contributed by atoms with E-state index in [4.69, 9.17) is 8.60 Å². The first-order chi connectivity index (χ1) is 16.7. The molecular weight excluding hydrogens is 488 g/mol. The van der Waals surface area contributed by atoms with Crippen LogP contribution in [-0.4, -0.2) is 24.9 Å².